The van der Waals surface area contributed by atoms with Gasteiger partial charge in [-0.15, -0.1) is 0 Å². The fourth-order valence-corrected chi connectivity index (χ4v) is 5.54. The lowest BCUT2D eigenvalue weighted by molar-refractivity contribution is -0.166. The Morgan fingerprint density at radius 3 is 2.40 bits per heavy atom. The summed E-state index contributed by atoms with van der Waals surface area (Å²) < 4.78 is 6.19. The summed E-state index contributed by atoms with van der Waals surface area (Å²) >= 11 is 0. The summed E-state index contributed by atoms with van der Waals surface area (Å²) in [6.07, 6.45) is 5.33. The SMILES string of the molecule is CCC1C(=O)N(C(C)(C)C)C(C(=O)NC2CCCCC2)COC(C)C1C(=O)Nc1cccc(C)c1. The van der Waals surface area contributed by atoms with Crippen LogP contribution in [0.5, 0.6) is 0 Å². The molecule has 7 nitrogen and oxygen atoms in total. The second kappa shape index (κ2) is 11.5. The van der Waals surface area contributed by atoms with E-state index in [-0.39, 0.29) is 30.4 Å². The quantitative estimate of drug-likeness (QED) is 0.645. The van der Waals surface area contributed by atoms with Crippen LogP contribution < -0.4 is 10.6 Å². The van der Waals surface area contributed by atoms with Crippen molar-refractivity contribution in [2.75, 3.05) is 11.9 Å². The summed E-state index contributed by atoms with van der Waals surface area (Å²) in [7, 11) is 0. The lowest BCUT2D eigenvalue weighted by Gasteiger charge is -2.46. The molecule has 1 aliphatic carbocycles. The van der Waals surface area contributed by atoms with E-state index in [2.05, 4.69) is 10.6 Å². The number of hydrogen-bond acceptors (Lipinski definition) is 4. The number of nitrogens with zero attached hydrogens (tertiary/aromatic N) is 1. The maximum Gasteiger partial charge on any atom is 0.245 e. The highest BCUT2D eigenvalue weighted by atomic mass is 16.5. The maximum absolute atomic E-state index is 14.1. The highest BCUT2D eigenvalue weighted by Gasteiger charge is 2.47. The van der Waals surface area contributed by atoms with Gasteiger partial charge >= 0.3 is 0 Å². The zero-order valence-electron chi connectivity index (χ0n) is 22.2. The van der Waals surface area contributed by atoms with E-state index in [0.717, 1.165) is 31.2 Å². The Morgan fingerprint density at radius 2 is 1.80 bits per heavy atom. The zero-order valence-corrected chi connectivity index (χ0v) is 22.2. The van der Waals surface area contributed by atoms with E-state index >= 15 is 0 Å². The number of ether oxygens (including phenoxy) is 1. The van der Waals surface area contributed by atoms with Crippen LogP contribution in [0.4, 0.5) is 5.69 Å². The number of amides is 3. The molecule has 0 aromatic heterocycles. The van der Waals surface area contributed by atoms with Crippen molar-refractivity contribution < 1.29 is 19.1 Å². The molecule has 1 saturated heterocycles. The number of benzene rings is 1. The second-order valence-corrected chi connectivity index (χ2v) is 11.2. The van der Waals surface area contributed by atoms with E-state index in [4.69, 9.17) is 4.74 Å². The highest BCUT2D eigenvalue weighted by Crippen LogP contribution is 2.33. The Labute approximate surface area is 210 Å². The molecule has 3 amide bonds. The molecule has 1 aromatic rings. The first-order valence-corrected chi connectivity index (χ1v) is 13.2. The summed E-state index contributed by atoms with van der Waals surface area (Å²) in [4.78, 5) is 42.6. The summed E-state index contributed by atoms with van der Waals surface area (Å²) in [5, 5.41) is 6.18. The molecule has 3 rings (SSSR count). The van der Waals surface area contributed by atoms with Gasteiger partial charge in [-0.1, -0.05) is 38.3 Å². The fraction of sp³-hybridized carbons (Fsp3) is 0.679. The first-order valence-electron chi connectivity index (χ1n) is 13.2. The van der Waals surface area contributed by atoms with Crippen LogP contribution in [0.2, 0.25) is 0 Å². The Kier molecular flexibility index (Phi) is 8.97. The molecule has 7 heteroatoms. The van der Waals surface area contributed by atoms with Gasteiger partial charge in [-0.3, -0.25) is 14.4 Å². The van der Waals surface area contributed by atoms with Crippen LogP contribution in [0.15, 0.2) is 24.3 Å². The lowest BCUT2D eigenvalue weighted by Crippen LogP contribution is -2.64. The van der Waals surface area contributed by atoms with Crippen LogP contribution in [0, 0.1) is 18.8 Å². The Morgan fingerprint density at radius 1 is 1.11 bits per heavy atom. The average molecular weight is 486 g/mol. The first kappa shape index (κ1) is 27.2. The Bertz CT molecular complexity index is 904. The van der Waals surface area contributed by atoms with Crippen molar-refractivity contribution in [3.63, 3.8) is 0 Å². The third-order valence-corrected chi connectivity index (χ3v) is 7.33. The van der Waals surface area contributed by atoms with Gasteiger partial charge in [0.25, 0.3) is 0 Å². The standard InChI is InChI=1S/C28H43N3O4/c1-7-22-24(26(33)30-21-15-11-12-18(2)16-21)19(3)35-17-23(31(27(22)34)28(4,5)6)25(32)29-20-13-9-8-10-14-20/h11-12,15-16,19-20,22-24H,7-10,13-14,17H2,1-6H3,(H,29,32)(H,30,33). The molecular formula is C28H43N3O4. The van der Waals surface area contributed by atoms with Gasteiger partial charge in [0.1, 0.15) is 6.04 Å². The molecule has 1 aromatic carbocycles. The van der Waals surface area contributed by atoms with Gasteiger partial charge in [0.2, 0.25) is 17.7 Å². The molecule has 4 unspecified atom stereocenters. The monoisotopic (exact) mass is 485 g/mol. The van der Waals surface area contributed by atoms with Gasteiger partial charge in [0.05, 0.1) is 24.5 Å². The van der Waals surface area contributed by atoms with Crippen LogP contribution >= 0.6 is 0 Å². The van der Waals surface area contributed by atoms with Gasteiger partial charge in [-0.05, 0) is 71.6 Å². The molecule has 4 atom stereocenters. The van der Waals surface area contributed by atoms with Crippen molar-refractivity contribution in [2.45, 2.75) is 104 Å². The zero-order chi connectivity index (χ0) is 25.8. The minimum absolute atomic E-state index is 0.0629. The summed E-state index contributed by atoms with van der Waals surface area (Å²) in [6, 6.07) is 7.02. The molecule has 35 heavy (non-hydrogen) atoms. The number of carbonyl (C=O) groups excluding carboxylic acids is 3. The van der Waals surface area contributed by atoms with E-state index in [1.165, 1.54) is 6.42 Å². The second-order valence-electron chi connectivity index (χ2n) is 11.2. The van der Waals surface area contributed by atoms with Crippen molar-refractivity contribution in [2.24, 2.45) is 11.8 Å². The molecule has 2 N–H and O–H groups in total. The van der Waals surface area contributed by atoms with E-state index in [1.807, 2.05) is 65.8 Å². The number of rotatable bonds is 5. The molecule has 194 valence electrons. The van der Waals surface area contributed by atoms with Crippen LogP contribution in [0.1, 0.15) is 78.7 Å². The average Bonchev–Trinajstić information content (AvgIpc) is 2.78. The predicted molar refractivity (Wildman–Crippen MR) is 138 cm³/mol. The third-order valence-electron chi connectivity index (χ3n) is 7.33. The smallest absolute Gasteiger partial charge is 0.245 e. The van der Waals surface area contributed by atoms with Crippen molar-refractivity contribution in [1.29, 1.82) is 0 Å². The van der Waals surface area contributed by atoms with Gasteiger partial charge in [0, 0.05) is 17.3 Å². The third kappa shape index (κ3) is 6.63. The number of hydrogen-bond donors (Lipinski definition) is 2. The molecule has 1 saturated carbocycles. The van der Waals surface area contributed by atoms with E-state index in [1.54, 1.807) is 4.90 Å². The Balaban J connectivity index is 1.88. The molecule has 2 aliphatic rings. The van der Waals surface area contributed by atoms with Crippen molar-refractivity contribution in [3.05, 3.63) is 29.8 Å². The summed E-state index contributed by atoms with van der Waals surface area (Å²) in [6.45, 7) is 11.6. The first-order chi connectivity index (χ1) is 16.5. The van der Waals surface area contributed by atoms with Gasteiger partial charge in [-0.2, -0.15) is 0 Å². The molecule has 0 bridgehead atoms. The molecule has 0 radical (unpaired) electrons. The largest absolute Gasteiger partial charge is 0.375 e. The number of aryl methyl sites for hydroxylation is 1. The topological polar surface area (TPSA) is 87.7 Å². The van der Waals surface area contributed by atoms with Crippen LogP contribution in [-0.4, -0.2) is 53.0 Å². The van der Waals surface area contributed by atoms with Gasteiger partial charge < -0.3 is 20.3 Å². The summed E-state index contributed by atoms with van der Waals surface area (Å²) in [5.74, 6) is -1.82. The minimum Gasteiger partial charge on any atom is -0.375 e. The minimum atomic E-state index is -0.735. The lowest BCUT2D eigenvalue weighted by atomic mass is 9.81. The van der Waals surface area contributed by atoms with E-state index < -0.39 is 29.5 Å². The Hall–Kier alpha value is -2.41. The van der Waals surface area contributed by atoms with Crippen molar-refractivity contribution >= 4 is 23.4 Å². The molecule has 0 spiro atoms. The molecule has 1 aliphatic heterocycles. The van der Waals surface area contributed by atoms with Crippen molar-refractivity contribution in [1.82, 2.24) is 10.2 Å². The molecule has 2 fully saturated rings. The van der Waals surface area contributed by atoms with Crippen LogP contribution in [0.25, 0.3) is 0 Å². The van der Waals surface area contributed by atoms with E-state index in [0.29, 0.717) is 12.1 Å². The summed E-state index contributed by atoms with van der Waals surface area (Å²) in [5.41, 5.74) is 1.13. The van der Waals surface area contributed by atoms with Crippen LogP contribution in [0.3, 0.4) is 0 Å². The fourth-order valence-electron chi connectivity index (χ4n) is 5.54. The number of nitrogens with one attached hydrogen (secondary N) is 2. The molecular weight excluding hydrogens is 442 g/mol. The van der Waals surface area contributed by atoms with Gasteiger partial charge in [0.15, 0.2) is 0 Å². The maximum atomic E-state index is 14.1. The number of anilines is 1. The normalized spacial score (nSPS) is 26.6. The highest BCUT2D eigenvalue weighted by molar-refractivity contribution is 5.98. The van der Waals surface area contributed by atoms with Crippen LogP contribution in [-0.2, 0) is 19.1 Å². The van der Waals surface area contributed by atoms with Crippen molar-refractivity contribution in [3.8, 4) is 0 Å². The van der Waals surface area contributed by atoms with E-state index in [9.17, 15) is 14.4 Å². The van der Waals surface area contributed by atoms with Gasteiger partial charge in [-0.25, -0.2) is 0 Å². The number of carbonyl (C=O) groups is 3. The predicted octanol–water partition coefficient (Wildman–Crippen LogP) is 4.44. The molecule has 1 heterocycles.